The highest BCUT2D eigenvalue weighted by molar-refractivity contribution is 5.91. The Labute approximate surface area is 137 Å². The van der Waals surface area contributed by atoms with Crippen LogP contribution >= 0.6 is 0 Å². The van der Waals surface area contributed by atoms with Gasteiger partial charge in [0.05, 0.1) is 0 Å². The number of pyridine rings is 1. The fourth-order valence-corrected chi connectivity index (χ4v) is 2.49. The molecule has 6 heteroatoms. The Morgan fingerprint density at radius 3 is 2.48 bits per heavy atom. The number of likely N-dealkylation sites (tertiary alicyclic amines) is 1. The van der Waals surface area contributed by atoms with E-state index in [-0.39, 0.29) is 17.9 Å². The van der Waals surface area contributed by atoms with Gasteiger partial charge in [-0.2, -0.15) is 0 Å². The van der Waals surface area contributed by atoms with Crippen LogP contribution < -0.4 is 5.32 Å². The Hall–Kier alpha value is -2.11. The van der Waals surface area contributed by atoms with Crippen LogP contribution in [0.1, 0.15) is 39.3 Å². The van der Waals surface area contributed by atoms with Crippen molar-refractivity contribution in [3.05, 3.63) is 23.9 Å². The molecule has 1 fully saturated rings. The van der Waals surface area contributed by atoms with Crippen LogP contribution in [0.25, 0.3) is 0 Å². The number of anilines is 1. The molecule has 2 heterocycles. The molecule has 0 bridgehead atoms. The standard InChI is InChI=1S/C17H25N3O3/c1-12-6-5-7-14(18-12)19-15(21)13-8-10-20(11-9-13)16(22)23-17(2,3)4/h5-7,13H,8-11H2,1-4H3,(H,18,19,21). The van der Waals surface area contributed by atoms with Gasteiger partial charge in [-0.3, -0.25) is 4.79 Å². The van der Waals surface area contributed by atoms with Gasteiger partial charge in [0, 0.05) is 24.7 Å². The summed E-state index contributed by atoms with van der Waals surface area (Å²) in [4.78, 5) is 30.3. The number of carbonyl (C=O) groups excluding carboxylic acids is 2. The number of aromatic nitrogens is 1. The summed E-state index contributed by atoms with van der Waals surface area (Å²) in [6, 6.07) is 5.53. The second-order valence-electron chi connectivity index (χ2n) is 6.90. The van der Waals surface area contributed by atoms with Crippen LogP contribution in [0.3, 0.4) is 0 Å². The zero-order valence-electron chi connectivity index (χ0n) is 14.3. The minimum absolute atomic E-state index is 0.0352. The molecule has 0 aliphatic carbocycles. The van der Waals surface area contributed by atoms with Crippen molar-refractivity contribution in [1.82, 2.24) is 9.88 Å². The molecule has 0 radical (unpaired) electrons. The minimum Gasteiger partial charge on any atom is -0.444 e. The molecular formula is C17H25N3O3. The topological polar surface area (TPSA) is 71.5 Å². The molecule has 1 aromatic rings. The van der Waals surface area contributed by atoms with Gasteiger partial charge in [0.2, 0.25) is 5.91 Å². The molecule has 0 unspecified atom stereocenters. The monoisotopic (exact) mass is 319 g/mol. The van der Waals surface area contributed by atoms with E-state index in [1.807, 2.05) is 39.8 Å². The maximum absolute atomic E-state index is 12.3. The first-order chi connectivity index (χ1) is 10.7. The van der Waals surface area contributed by atoms with Crippen LogP contribution in [0.15, 0.2) is 18.2 Å². The van der Waals surface area contributed by atoms with Gasteiger partial charge in [-0.05, 0) is 52.7 Å². The average Bonchev–Trinajstić information content (AvgIpc) is 2.45. The fraction of sp³-hybridized carbons (Fsp3) is 0.588. The zero-order valence-corrected chi connectivity index (χ0v) is 14.3. The number of hydrogen-bond donors (Lipinski definition) is 1. The molecule has 0 saturated carbocycles. The highest BCUT2D eigenvalue weighted by atomic mass is 16.6. The number of piperidine rings is 1. The summed E-state index contributed by atoms with van der Waals surface area (Å²) in [5.41, 5.74) is 0.366. The molecule has 2 rings (SSSR count). The first-order valence-corrected chi connectivity index (χ1v) is 7.97. The van der Waals surface area contributed by atoms with Crippen molar-refractivity contribution in [2.45, 2.75) is 46.1 Å². The Bertz CT molecular complexity index is 573. The van der Waals surface area contributed by atoms with E-state index in [2.05, 4.69) is 10.3 Å². The maximum Gasteiger partial charge on any atom is 0.410 e. The molecule has 126 valence electrons. The molecule has 0 atom stereocenters. The largest absolute Gasteiger partial charge is 0.444 e. The quantitative estimate of drug-likeness (QED) is 0.909. The molecule has 1 N–H and O–H groups in total. The summed E-state index contributed by atoms with van der Waals surface area (Å²) in [7, 11) is 0. The van der Waals surface area contributed by atoms with Gasteiger partial charge in [0.1, 0.15) is 11.4 Å². The lowest BCUT2D eigenvalue weighted by Gasteiger charge is -2.32. The molecule has 1 aromatic heterocycles. The smallest absolute Gasteiger partial charge is 0.410 e. The van der Waals surface area contributed by atoms with E-state index < -0.39 is 5.60 Å². The first-order valence-electron chi connectivity index (χ1n) is 7.97. The lowest BCUT2D eigenvalue weighted by molar-refractivity contribution is -0.121. The van der Waals surface area contributed by atoms with E-state index in [1.54, 1.807) is 11.0 Å². The van der Waals surface area contributed by atoms with Gasteiger partial charge < -0.3 is 15.0 Å². The Morgan fingerprint density at radius 1 is 1.26 bits per heavy atom. The fourth-order valence-electron chi connectivity index (χ4n) is 2.49. The van der Waals surface area contributed by atoms with Crippen molar-refractivity contribution >= 4 is 17.8 Å². The number of nitrogens with one attached hydrogen (secondary N) is 1. The van der Waals surface area contributed by atoms with Crippen LogP contribution in [0.2, 0.25) is 0 Å². The normalized spacial score (nSPS) is 16.1. The van der Waals surface area contributed by atoms with Crippen LogP contribution in [0.5, 0.6) is 0 Å². The second-order valence-corrected chi connectivity index (χ2v) is 6.90. The highest BCUT2D eigenvalue weighted by Crippen LogP contribution is 2.21. The van der Waals surface area contributed by atoms with Gasteiger partial charge in [-0.1, -0.05) is 6.07 Å². The van der Waals surface area contributed by atoms with E-state index in [1.165, 1.54) is 0 Å². The molecule has 6 nitrogen and oxygen atoms in total. The average molecular weight is 319 g/mol. The highest BCUT2D eigenvalue weighted by Gasteiger charge is 2.30. The molecule has 1 saturated heterocycles. The summed E-state index contributed by atoms with van der Waals surface area (Å²) in [6.45, 7) is 8.50. The first kappa shape index (κ1) is 17.2. The van der Waals surface area contributed by atoms with Crippen LogP contribution in [-0.2, 0) is 9.53 Å². The van der Waals surface area contributed by atoms with E-state index in [4.69, 9.17) is 4.74 Å². The van der Waals surface area contributed by atoms with E-state index >= 15 is 0 Å². The summed E-state index contributed by atoms with van der Waals surface area (Å²) in [5.74, 6) is 0.438. The van der Waals surface area contributed by atoms with E-state index in [0.717, 1.165) is 5.69 Å². The number of aryl methyl sites for hydroxylation is 1. The van der Waals surface area contributed by atoms with Gasteiger partial charge >= 0.3 is 6.09 Å². The van der Waals surface area contributed by atoms with Crippen molar-refractivity contribution in [2.75, 3.05) is 18.4 Å². The number of nitrogens with zero attached hydrogens (tertiary/aromatic N) is 2. The third kappa shape index (κ3) is 5.23. The molecule has 1 aliphatic heterocycles. The minimum atomic E-state index is -0.498. The van der Waals surface area contributed by atoms with Crippen molar-refractivity contribution in [2.24, 2.45) is 5.92 Å². The van der Waals surface area contributed by atoms with Crippen LogP contribution in [0.4, 0.5) is 10.6 Å². The second kappa shape index (κ2) is 6.98. The third-order valence-electron chi connectivity index (χ3n) is 3.66. The Balaban J connectivity index is 1.84. The van der Waals surface area contributed by atoms with Gasteiger partial charge in [-0.15, -0.1) is 0 Å². The number of amides is 2. The predicted octanol–water partition coefficient (Wildman–Crippen LogP) is 2.98. The molecule has 0 aromatic carbocycles. The molecular weight excluding hydrogens is 294 g/mol. The Morgan fingerprint density at radius 2 is 1.91 bits per heavy atom. The van der Waals surface area contributed by atoms with Crippen LogP contribution in [0, 0.1) is 12.8 Å². The van der Waals surface area contributed by atoms with E-state index in [9.17, 15) is 9.59 Å². The summed E-state index contributed by atoms with van der Waals surface area (Å²) in [6.07, 6.45) is 0.963. The Kier molecular flexibility index (Phi) is 5.23. The summed E-state index contributed by atoms with van der Waals surface area (Å²) in [5, 5.41) is 2.85. The van der Waals surface area contributed by atoms with Crippen molar-refractivity contribution < 1.29 is 14.3 Å². The number of ether oxygens (including phenoxy) is 1. The van der Waals surface area contributed by atoms with Gasteiger partial charge in [0.25, 0.3) is 0 Å². The third-order valence-corrected chi connectivity index (χ3v) is 3.66. The number of carbonyl (C=O) groups is 2. The summed E-state index contributed by atoms with van der Waals surface area (Å²) >= 11 is 0. The predicted molar refractivity (Wildman–Crippen MR) is 88.1 cm³/mol. The molecule has 1 aliphatic rings. The maximum atomic E-state index is 12.3. The number of rotatable bonds is 2. The van der Waals surface area contributed by atoms with Crippen molar-refractivity contribution in [3.63, 3.8) is 0 Å². The van der Waals surface area contributed by atoms with Crippen LogP contribution in [-0.4, -0.2) is 40.6 Å². The molecule has 0 spiro atoms. The molecule has 2 amide bonds. The van der Waals surface area contributed by atoms with Crippen molar-refractivity contribution in [3.8, 4) is 0 Å². The molecule has 23 heavy (non-hydrogen) atoms. The SMILES string of the molecule is Cc1cccc(NC(=O)C2CCN(C(=O)OC(C)(C)C)CC2)n1. The number of hydrogen-bond acceptors (Lipinski definition) is 4. The zero-order chi connectivity index (χ0) is 17.0. The van der Waals surface area contributed by atoms with Crippen molar-refractivity contribution in [1.29, 1.82) is 0 Å². The lowest BCUT2D eigenvalue weighted by Crippen LogP contribution is -2.43. The van der Waals surface area contributed by atoms with Gasteiger partial charge in [0.15, 0.2) is 0 Å². The summed E-state index contributed by atoms with van der Waals surface area (Å²) < 4.78 is 5.36. The lowest BCUT2D eigenvalue weighted by atomic mass is 9.96. The van der Waals surface area contributed by atoms with E-state index in [0.29, 0.717) is 31.7 Å². The van der Waals surface area contributed by atoms with Gasteiger partial charge in [-0.25, -0.2) is 9.78 Å².